The number of fused-ring (bicyclic) bond motifs is 1. The molecule has 0 spiro atoms. The van der Waals surface area contributed by atoms with E-state index < -0.39 is 0 Å². The van der Waals surface area contributed by atoms with Crippen LogP contribution in [0.25, 0.3) is 0 Å². The summed E-state index contributed by atoms with van der Waals surface area (Å²) in [5, 5.41) is 0. The monoisotopic (exact) mass is 231 g/mol. The molecule has 1 aromatic rings. The summed E-state index contributed by atoms with van der Waals surface area (Å²) in [6.45, 7) is 10.8. The Balaban J connectivity index is 2.34. The van der Waals surface area contributed by atoms with Crippen LogP contribution >= 0.6 is 0 Å². The van der Waals surface area contributed by atoms with Gasteiger partial charge in [-0.2, -0.15) is 0 Å². The molecular formula is C15H21NO. The van der Waals surface area contributed by atoms with Crippen LogP contribution in [-0.2, 0) is 19.4 Å². The highest BCUT2D eigenvalue weighted by atomic mass is 16.5. The Morgan fingerprint density at radius 3 is 2.82 bits per heavy atom. The van der Waals surface area contributed by atoms with E-state index in [1.54, 1.807) is 0 Å². The van der Waals surface area contributed by atoms with Gasteiger partial charge in [-0.25, -0.2) is 0 Å². The van der Waals surface area contributed by atoms with E-state index in [-0.39, 0.29) is 0 Å². The number of hydrogen-bond acceptors (Lipinski definition) is 2. The van der Waals surface area contributed by atoms with Gasteiger partial charge in [0.1, 0.15) is 5.75 Å². The molecule has 0 aromatic heterocycles. The fourth-order valence-corrected chi connectivity index (χ4v) is 2.38. The number of rotatable bonds is 4. The molecule has 1 aromatic carbocycles. The van der Waals surface area contributed by atoms with Gasteiger partial charge in [0.15, 0.2) is 0 Å². The van der Waals surface area contributed by atoms with Crippen LogP contribution in [0, 0.1) is 0 Å². The molecule has 17 heavy (non-hydrogen) atoms. The van der Waals surface area contributed by atoms with Gasteiger partial charge in [0.25, 0.3) is 0 Å². The van der Waals surface area contributed by atoms with Gasteiger partial charge in [-0.15, -0.1) is 0 Å². The number of ether oxygens (including phenoxy) is 1. The standard InChI is InChI=1S/C15H21NO/c1-4-12-9-13-7-8-16(5-2)11-14(13)10-15(12)17-6-3/h5,9-10H,2,4,6-8,11H2,1,3H3. The molecule has 1 aliphatic rings. The quantitative estimate of drug-likeness (QED) is 0.789. The minimum absolute atomic E-state index is 0.733. The lowest BCUT2D eigenvalue weighted by atomic mass is 9.96. The van der Waals surface area contributed by atoms with Crippen LogP contribution < -0.4 is 4.74 Å². The Morgan fingerprint density at radius 2 is 2.18 bits per heavy atom. The number of nitrogens with zero attached hydrogens (tertiary/aromatic N) is 1. The summed E-state index contributed by atoms with van der Waals surface area (Å²) in [6, 6.07) is 4.54. The van der Waals surface area contributed by atoms with Crippen molar-refractivity contribution in [1.82, 2.24) is 4.90 Å². The average Bonchev–Trinajstić information content (AvgIpc) is 2.37. The number of hydrogen-bond donors (Lipinski definition) is 0. The molecular weight excluding hydrogens is 210 g/mol. The van der Waals surface area contributed by atoms with Crippen LogP contribution in [-0.4, -0.2) is 18.1 Å². The summed E-state index contributed by atoms with van der Waals surface area (Å²) in [5.41, 5.74) is 4.19. The van der Waals surface area contributed by atoms with Gasteiger partial charge in [-0.05, 0) is 48.7 Å². The second-order valence-corrected chi connectivity index (χ2v) is 4.42. The van der Waals surface area contributed by atoms with Gasteiger partial charge < -0.3 is 9.64 Å². The summed E-state index contributed by atoms with van der Waals surface area (Å²) in [5.74, 6) is 1.06. The second kappa shape index (κ2) is 5.26. The van der Waals surface area contributed by atoms with Crippen LogP contribution in [0.1, 0.15) is 30.5 Å². The maximum atomic E-state index is 5.72. The highest BCUT2D eigenvalue weighted by Gasteiger charge is 2.16. The van der Waals surface area contributed by atoms with E-state index in [4.69, 9.17) is 4.74 Å². The Kier molecular flexibility index (Phi) is 3.72. The number of aryl methyl sites for hydroxylation is 1. The summed E-state index contributed by atoms with van der Waals surface area (Å²) in [4.78, 5) is 2.25. The molecule has 0 unspecified atom stereocenters. The highest BCUT2D eigenvalue weighted by Crippen LogP contribution is 2.28. The van der Waals surface area contributed by atoms with E-state index in [1.807, 2.05) is 13.1 Å². The van der Waals surface area contributed by atoms with Crippen LogP contribution in [0.15, 0.2) is 24.9 Å². The molecule has 0 radical (unpaired) electrons. The van der Waals surface area contributed by atoms with Crippen molar-refractivity contribution in [3.8, 4) is 5.75 Å². The fourth-order valence-electron chi connectivity index (χ4n) is 2.38. The van der Waals surface area contributed by atoms with E-state index in [0.29, 0.717) is 0 Å². The summed E-state index contributed by atoms with van der Waals surface area (Å²) in [6.07, 6.45) is 4.07. The van der Waals surface area contributed by atoms with Crippen molar-refractivity contribution < 1.29 is 4.74 Å². The molecule has 0 bridgehead atoms. The minimum Gasteiger partial charge on any atom is -0.494 e. The summed E-state index contributed by atoms with van der Waals surface area (Å²) < 4.78 is 5.72. The van der Waals surface area contributed by atoms with E-state index in [9.17, 15) is 0 Å². The average molecular weight is 231 g/mol. The minimum atomic E-state index is 0.733. The number of benzene rings is 1. The van der Waals surface area contributed by atoms with E-state index in [1.165, 1.54) is 16.7 Å². The first-order chi connectivity index (χ1) is 8.28. The van der Waals surface area contributed by atoms with Gasteiger partial charge in [0.2, 0.25) is 0 Å². The van der Waals surface area contributed by atoms with Gasteiger partial charge in [0.05, 0.1) is 6.61 Å². The Bertz CT molecular complexity index is 412. The summed E-state index contributed by atoms with van der Waals surface area (Å²) >= 11 is 0. The normalized spacial score (nSPS) is 14.4. The Hall–Kier alpha value is -1.44. The molecule has 0 saturated heterocycles. The van der Waals surface area contributed by atoms with Crippen molar-refractivity contribution >= 4 is 0 Å². The zero-order valence-electron chi connectivity index (χ0n) is 10.8. The first kappa shape index (κ1) is 12.0. The molecule has 92 valence electrons. The fraction of sp³-hybridized carbons (Fsp3) is 0.467. The van der Waals surface area contributed by atoms with Gasteiger partial charge >= 0.3 is 0 Å². The smallest absolute Gasteiger partial charge is 0.122 e. The van der Waals surface area contributed by atoms with Crippen LogP contribution in [0.5, 0.6) is 5.75 Å². The van der Waals surface area contributed by atoms with E-state index >= 15 is 0 Å². The maximum Gasteiger partial charge on any atom is 0.122 e. The van der Waals surface area contributed by atoms with E-state index in [0.717, 1.165) is 38.3 Å². The molecule has 2 heteroatoms. The molecule has 0 amide bonds. The predicted molar refractivity (Wildman–Crippen MR) is 71.3 cm³/mol. The second-order valence-electron chi connectivity index (χ2n) is 4.42. The zero-order valence-corrected chi connectivity index (χ0v) is 10.8. The molecule has 2 nitrogen and oxygen atoms in total. The van der Waals surface area contributed by atoms with Crippen LogP contribution in [0.3, 0.4) is 0 Å². The molecule has 0 saturated carbocycles. The third-order valence-corrected chi connectivity index (χ3v) is 3.36. The van der Waals surface area contributed by atoms with Crippen molar-refractivity contribution in [3.63, 3.8) is 0 Å². The Morgan fingerprint density at radius 1 is 1.35 bits per heavy atom. The van der Waals surface area contributed by atoms with Crippen LogP contribution in [0.4, 0.5) is 0 Å². The lowest BCUT2D eigenvalue weighted by Crippen LogP contribution is -2.25. The molecule has 0 N–H and O–H groups in total. The first-order valence-corrected chi connectivity index (χ1v) is 6.42. The first-order valence-electron chi connectivity index (χ1n) is 6.42. The van der Waals surface area contributed by atoms with Crippen molar-refractivity contribution in [2.45, 2.75) is 33.2 Å². The van der Waals surface area contributed by atoms with Crippen molar-refractivity contribution in [3.05, 3.63) is 41.6 Å². The molecule has 1 heterocycles. The van der Waals surface area contributed by atoms with Gasteiger partial charge in [0, 0.05) is 13.1 Å². The van der Waals surface area contributed by atoms with Crippen molar-refractivity contribution in [2.75, 3.05) is 13.2 Å². The van der Waals surface area contributed by atoms with Gasteiger partial charge in [-0.3, -0.25) is 0 Å². The lowest BCUT2D eigenvalue weighted by Gasteiger charge is -2.28. The molecule has 0 atom stereocenters. The third-order valence-electron chi connectivity index (χ3n) is 3.36. The largest absolute Gasteiger partial charge is 0.494 e. The van der Waals surface area contributed by atoms with Crippen molar-refractivity contribution in [1.29, 1.82) is 0 Å². The summed E-state index contributed by atoms with van der Waals surface area (Å²) in [7, 11) is 0. The lowest BCUT2D eigenvalue weighted by molar-refractivity contribution is 0.329. The Labute approximate surface area is 104 Å². The van der Waals surface area contributed by atoms with Gasteiger partial charge in [-0.1, -0.05) is 19.6 Å². The highest BCUT2D eigenvalue weighted by molar-refractivity contribution is 5.44. The SMILES string of the molecule is C=CN1CCc2cc(CC)c(OCC)cc2C1. The predicted octanol–water partition coefficient (Wildman–Crippen LogP) is 3.15. The topological polar surface area (TPSA) is 12.5 Å². The van der Waals surface area contributed by atoms with E-state index in [2.05, 4.69) is 30.5 Å². The molecule has 0 aliphatic carbocycles. The molecule has 1 aliphatic heterocycles. The maximum absolute atomic E-state index is 5.72. The molecule has 0 fully saturated rings. The third kappa shape index (κ3) is 2.46. The van der Waals surface area contributed by atoms with Crippen LogP contribution in [0.2, 0.25) is 0 Å². The van der Waals surface area contributed by atoms with Crippen molar-refractivity contribution in [2.24, 2.45) is 0 Å². The molecule has 2 rings (SSSR count). The zero-order chi connectivity index (χ0) is 12.3.